The first kappa shape index (κ1) is 17.4. The topological polar surface area (TPSA) is 78.1 Å². The van der Waals surface area contributed by atoms with Gasteiger partial charge in [-0.2, -0.15) is 5.10 Å². The van der Waals surface area contributed by atoms with Gasteiger partial charge in [0.2, 0.25) is 5.91 Å². The Morgan fingerprint density at radius 3 is 2.76 bits per heavy atom. The van der Waals surface area contributed by atoms with Gasteiger partial charge < -0.3 is 5.32 Å². The van der Waals surface area contributed by atoms with Crippen LogP contribution in [0.5, 0.6) is 0 Å². The third-order valence-corrected chi connectivity index (χ3v) is 4.72. The number of hydrogen-bond donors (Lipinski definition) is 2. The Morgan fingerprint density at radius 2 is 2.08 bits per heavy atom. The number of carbonyl (C=O) groups excluding carboxylic acids is 2. The van der Waals surface area contributed by atoms with Crippen molar-refractivity contribution in [1.29, 1.82) is 0 Å². The highest BCUT2D eigenvalue weighted by atomic mass is 16.1. The average molecular weight is 340 g/mol. The van der Waals surface area contributed by atoms with E-state index in [1.807, 2.05) is 12.4 Å². The molecule has 0 spiro atoms. The molecule has 0 unspecified atom stereocenters. The number of rotatable bonds is 6. The van der Waals surface area contributed by atoms with Gasteiger partial charge in [-0.05, 0) is 50.6 Å². The highest BCUT2D eigenvalue weighted by Gasteiger charge is 2.24. The number of ketones is 1. The number of H-pyrrole nitrogens is 1. The number of aromatic amines is 1. The number of benzene rings is 1. The van der Waals surface area contributed by atoms with Gasteiger partial charge in [-0.15, -0.1) is 0 Å². The molecule has 3 rings (SSSR count). The molecule has 0 aliphatic carbocycles. The Bertz CT molecular complexity index is 710. The summed E-state index contributed by atoms with van der Waals surface area (Å²) < 4.78 is 0. The third kappa shape index (κ3) is 4.54. The number of likely N-dealkylation sites (tertiary alicyclic amines) is 1. The van der Waals surface area contributed by atoms with Crippen molar-refractivity contribution < 1.29 is 9.59 Å². The molecule has 1 saturated heterocycles. The zero-order valence-corrected chi connectivity index (χ0v) is 14.5. The second-order valence-corrected chi connectivity index (χ2v) is 6.51. The van der Waals surface area contributed by atoms with Gasteiger partial charge >= 0.3 is 0 Å². The standard InChI is InChI=1S/C19H24N4O2/c1-14(24)15-5-7-17(8-6-15)22-19(25)9-11-23-10-3-2-4-18(23)16-12-20-21-13-16/h5-8,12-13,18H,2-4,9-11H2,1H3,(H,20,21)(H,22,25)/t18-/m0/s1. The minimum atomic E-state index is -0.00732. The number of anilines is 1. The Hall–Kier alpha value is -2.47. The molecule has 2 N–H and O–H groups in total. The van der Waals surface area contributed by atoms with E-state index in [1.54, 1.807) is 24.3 Å². The van der Waals surface area contributed by atoms with Crippen molar-refractivity contribution in [3.05, 3.63) is 47.8 Å². The maximum Gasteiger partial charge on any atom is 0.225 e. The van der Waals surface area contributed by atoms with Crippen LogP contribution in [0.2, 0.25) is 0 Å². The van der Waals surface area contributed by atoms with E-state index in [2.05, 4.69) is 20.4 Å². The van der Waals surface area contributed by atoms with E-state index in [9.17, 15) is 9.59 Å². The number of Topliss-reactive ketones (excluding diaryl/α,β-unsaturated/α-hetero) is 1. The number of amides is 1. The number of hydrogen-bond acceptors (Lipinski definition) is 4. The first-order valence-corrected chi connectivity index (χ1v) is 8.77. The maximum atomic E-state index is 12.2. The molecular formula is C19H24N4O2. The van der Waals surface area contributed by atoms with Crippen LogP contribution in [0.15, 0.2) is 36.7 Å². The molecule has 0 radical (unpaired) electrons. The van der Waals surface area contributed by atoms with Crippen LogP contribution in [0.3, 0.4) is 0 Å². The molecule has 2 aromatic rings. The molecule has 1 aliphatic heterocycles. The van der Waals surface area contributed by atoms with E-state index in [-0.39, 0.29) is 11.7 Å². The normalized spacial score (nSPS) is 18.0. The molecule has 1 fully saturated rings. The van der Waals surface area contributed by atoms with Crippen LogP contribution >= 0.6 is 0 Å². The zero-order chi connectivity index (χ0) is 17.6. The Balaban J connectivity index is 1.53. The van der Waals surface area contributed by atoms with Gasteiger partial charge in [0.05, 0.1) is 6.20 Å². The second-order valence-electron chi connectivity index (χ2n) is 6.51. The molecule has 2 heterocycles. The third-order valence-electron chi connectivity index (χ3n) is 4.72. The largest absolute Gasteiger partial charge is 0.326 e. The molecule has 25 heavy (non-hydrogen) atoms. The van der Waals surface area contributed by atoms with Gasteiger partial charge in [-0.25, -0.2) is 0 Å². The smallest absolute Gasteiger partial charge is 0.225 e. The first-order valence-electron chi connectivity index (χ1n) is 8.77. The SMILES string of the molecule is CC(=O)c1ccc(NC(=O)CCN2CCCC[C@H]2c2cn[nH]c2)cc1. The molecule has 1 aliphatic rings. The highest BCUT2D eigenvalue weighted by Crippen LogP contribution is 2.30. The molecule has 1 aromatic heterocycles. The number of nitrogens with one attached hydrogen (secondary N) is 2. The number of aromatic nitrogens is 2. The van der Waals surface area contributed by atoms with Gasteiger partial charge in [0.25, 0.3) is 0 Å². The van der Waals surface area contributed by atoms with E-state index in [0.29, 0.717) is 18.0 Å². The minimum absolute atomic E-state index is 0.00732. The Kier molecular flexibility index (Phi) is 5.60. The van der Waals surface area contributed by atoms with Crippen molar-refractivity contribution >= 4 is 17.4 Å². The lowest BCUT2D eigenvalue weighted by molar-refractivity contribution is -0.116. The first-order chi connectivity index (χ1) is 12.1. The van der Waals surface area contributed by atoms with Crippen LogP contribution in [0.1, 0.15) is 54.6 Å². The van der Waals surface area contributed by atoms with Crippen LogP contribution < -0.4 is 5.32 Å². The van der Waals surface area contributed by atoms with Crippen LogP contribution in [0, 0.1) is 0 Å². The quantitative estimate of drug-likeness (QED) is 0.792. The summed E-state index contributed by atoms with van der Waals surface area (Å²) >= 11 is 0. The number of carbonyl (C=O) groups is 2. The molecule has 1 atom stereocenters. The van der Waals surface area contributed by atoms with Crippen molar-refractivity contribution in [2.75, 3.05) is 18.4 Å². The van der Waals surface area contributed by atoms with Gasteiger partial charge in [0.15, 0.2) is 5.78 Å². The van der Waals surface area contributed by atoms with Crippen LogP contribution in [-0.4, -0.2) is 39.9 Å². The predicted molar refractivity (Wildman–Crippen MR) is 96.4 cm³/mol. The van der Waals surface area contributed by atoms with Crippen LogP contribution in [0.25, 0.3) is 0 Å². The summed E-state index contributed by atoms with van der Waals surface area (Å²) in [4.78, 5) is 25.9. The van der Waals surface area contributed by atoms with E-state index in [0.717, 1.165) is 25.2 Å². The van der Waals surface area contributed by atoms with Gasteiger partial charge in [-0.1, -0.05) is 6.42 Å². The lowest BCUT2D eigenvalue weighted by atomic mass is 9.97. The molecule has 6 heteroatoms. The summed E-state index contributed by atoms with van der Waals surface area (Å²) in [5, 5.41) is 9.83. The fraction of sp³-hybridized carbons (Fsp3) is 0.421. The van der Waals surface area contributed by atoms with E-state index in [4.69, 9.17) is 0 Å². The molecule has 6 nitrogen and oxygen atoms in total. The highest BCUT2D eigenvalue weighted by molar-refractivity contribution is 5.95. The number of nitrogens with zero attached hydrogens (tertiary/aromatic N) is 2. The fourth-order valence-corrected chi connectivity index (χ4v) is 3.34. The van der Waals surface area contributed by atoms with Gasteiger partial charge in [0, 0.05) is 42.0 Å². The Morgan fingerprint density at radius 1 is 1.28 bits per heavy atom. The summed E-state index contributed by atoms with van der Waals surface area (Å²) in [6.45, 7) is 3.27. The second kappa shape index (κ2) is 8.07. The zero-order valence-electron chi connectivity index (χ0n) is 14.5. The van der Waals surface area contributed by atoms with Crippen molar-refractivity contribution in [1.82, 2.24) is 15.1 Å². The molecule has 1 aromatic carbocycles. The summed E-state index contributed by atoms with van der Waals surface area (Å²) in [6.07, 6.45) is 7.75. The molecular weight excluding hydrogens is 316 g/mol. The van der Waals surface area contributed by atoms with Gasteiger partial charge in [-0.3, -0.25) is 19.6 Å². The van der Waals surface area contributed by atoms with Crippen LogP contribution in [0.4, 0.5) is 5.69 Å². The molecule has 1 amide bonds. The van der Waals surface area contributed by atoms with Crippen molar-refractivity contribution in [2.24, 2.45) is 0 Å². The predicted octanol–water partition coefficient (Wildman–Crippen LogP) is 3.17. The summed E-state index contributed by atoms with van der Waals surface area (Å²) in [5.41, 5.74) is 2.56. The Labute approximate surface area is 147 Å². The molecule has 0 bridgehead atoms. The fourth-order valence-electron chi connectivity index (χ4n) is 3.34. The van der Waals surface area contributed by atoms with Gasteiger partial charge in [0.1, 0.15) is 0 Å². The average Bonchev–Trinajstić information content (AvgIpc) is 3.15. The monoisotopic (exact) mass is 340 g/mol. The summed E-state index contributed by atoms with van der Waals surface area (Å²) in [6, 6.07) is 7.35. The van der Waals surface area contributed by atoms with E-state index >= 15 is 0 Å². The van der Waals surface area contributed by atoms with Crippen molar-refractivity contribution in [3.63, 3.8) is 0 Å². The summed E-state index contributed by atoms with van der Waals surface area (Å²) in [5.74, 6) is 0.0142. The lowest BCUT2D eigenvalue weighted by Gasteiger charge is -2.35. The van der Waals surface area contributed by atoms with Crippen molar-refractivity contribution in [2.45, 2.75) is 38.6 Å². The summed E-state index contributed by atoms with van der Waals surface area (Å²) in [7, 11) is 0. The van der Waals surface area contributed by atoms with E-state index in [1.165, 1.54) is 25.3 Å². The molecule has 132 valence electrons. The minimum Gasteiger partial charge on any atom is -0.326 e. The molecule has 0 saturated carbocycles. The number of piperidine rings is 1. The lowest BCUT2D eigenvalue weighted by Crippen LogP contribution is -2.35. The van der Waals surface area contributed by atoms with Crippen molar-refractivity contribution in [3.8, 4) is 0 Å². The maximum absolute atomic E-state index is 12.2. The van der Waals surface area contributed by atoms with Crippen LogP contribution in [-0.2, 0) is 4.79 Å². The van der Waals surface area contributed by atoms with E-state index < -0.39 is 0 Å².